The standard InChI is InChI=1S/C9H11N3O2S.C2H2O4/c1-14-9(13)12-8(15)11-7-5-3-2-4-6(7)10;3-1(4)2(5)6/h2-5H,10H2,1H3,(H2,11,12,13,15);(H,3,4)(H,5,6). The van der Waals surface area contributed by atoms with E-state index in [4.69, 9.17) is 37.8 Å². The Morgan fingerprint density at radius 2 is 1.71 bits per heavy atom. The van der Waals surface area contributed by atoms with Crippen LogP contribution in [-0.4, -0.2) is 40.5 Å². The number of benzene rings is 1. The maximum atomic E-state index is 10.8. The lowest BCUT2D eigenvalue weighted by Gasteiger charge is -2.10. The Morgan fingerprint density at radius 3 is 2.14 bits per heavy atom. The van der Waals surface area contributed by atoms with E-state index in [9.17, 15) is 4.79 Å². The molecule has 0 saturated heterocycles. The van der Waals surface area contributed by atoms with Crippen LogP contribution in [-0.2, 0) is 14.3 Å². The first-order valence-electron chi connectivity index (χ1n) is 5.24. The lowest BCUT2D eigenvalue weighted by atomic mass is 10.3. The molecule has 1 amide bonds. The number of methoxy groups -OCH3 is 1. The number of hydrogen-bond donors (Lipinski definition) is 5. The minimum Gasteiger partial charge on any atom is -0.473 e. The van der Waals surface area contributed by atoms with E-state index in [-0.39, 0.29) is 5.11 Å². The quantitative estimate of drug-likeness (QED) is 0.283. The van der Waals surface area contributed by atoms with Crippen LogP contribution in [0.5, 0.6) is 0 Å². The number of carboxylic acids is 2. The number of carboxylic acid groups (broad SMARTS) is 2. The average molecular weight is 315 g/mol. The van der Waals surface area contributed by atoms with Gasteiger partial charge >= 0.3 is 18.0 Å². The number of rotatable bonds is 1. The molecular formula is C11H13N3O6S. The monoisotopic (exact) mass is 315 g/mol. The molecule has 0 fully saturated rings. The van der Waals surface area contributed by atoms with Crippen molar-refractivity contribution in [3.8, 4) is 0 Å². The van der Waals surface area contributed by atoms with Crippen LogP contribution in [0, 0.1) is 0 Å². The molecule has 0 unspecified atom stereocenters. The third-order valence-electron chi connectivity index (χ3n) is 1.79. The number of carbonyl (C=O) groups excluding carboxylic acids is 1. The summed E-state index contributed by atoms with van der Waals surface area (Å²) in [5.41, 5.74) is 6.85. The average Bonchev–Trinajstić information content (AvgIpc) is 2.41. The summed E-state index contributed by atoms with van der Waals surface area (Å²) < 4.78 is 4.38. The van der Waals surface area contributed by atoms with Crippen molar-refractivity contribution < 1.29 is 29.3 Å². The lowest BCUT2D eigenvalue weighted by Crippen LogP contribution is -2.34. The van der Waals surface area contributed by atoms with Gasteiger partial charge in [0.1, 0.15) is 0 Å². The topological polar surface area (TPSA) is 151 Å². The molecule has 0 aromatic heterocycles. The first-order chi connectivity index (χ1) is 9.77. The second kappa shape index (κ2) is 9.09. The molecule has 0 aliphatic heterocycles. The Morgan fingerprint density at radius 1 is 1.19 bits per heavy atom. The zero-order chi connectivity index (χ0) is 16.4. The number of nitrogen functional groups attached to an aromatic ring is 1. The van der Waals surface area contributed by atoms with Gasteiger partial charge in [-0.25, -0.2) is 14.4 Å². The van der Waals surface area contributed by atoms with Gasteiger partial charge in [0.25, 0.3) is 0 Å². The first kappa shape index (κ1) is 18.1. The van der Waals surface area contributed by atoms with Gasteiger partial charge in [-0.1, -0.05) is 12.1 Å². The number of carbonyl (C=O) groups is 3. The Kier molecular flexibility index (Phi) is 7.85. The van der Waals surface area contributed by atoms with E-state index in [0.717, 1.165) is 0 Å². The van der Waals surface area contributed by atoms with Crippen LogP contribution in [0.25, 0.3) is 0 Å². The van der Waals surface area contributed by atoms with Gasteiger partial charge in [-0.05, 0) is 24.4 Å². The molecule has 1 aromatic carbocycles. The van der Waals surface area contributed by atoms with E-state index in [1.165, 1.54) is 7.11 Å². The van der Waals surface area contributed by atoms with Gasteiger partial charge in [0, 0.05) is 0 Å². The van der Waals surface area contributed by atoms with E-state index in [0.29, 0.717) is 11.4 Å². The number of nitrogens with two attached hydrogens (primary N) is 1. The molecular weight excluding hydrogens is 302 g/mol. The first-order valence-corrected chi connectivity index (χ1v) is 5.65. The summed E-state index contributed by atoms with van der Waals surface area (Å²) in [6.07, 6.45) is -0.623. The molecule has 0 atom stereocenters. The van der Waals surface area contributed by atoms with Crippen molar-refractivity contribution in [3.63, 3.8) is 0 Å². The van der Waals surface area contributed by atoms with Crippen molar-refractivity contribution in [2.45, 2.75) is 0 Å². The number of anilines is 2. The third-order valence-corrected chi connectivity index (χ3v) is 2.00. The SMILES string of the molecule is COC(=O)NC(=S)Nc1ccccc1N.O=C(O)C(=O)O. The molecule has 0 aliphatic carbocycles. The van der Waals surface area contributed by atoms with Crippen LogP contribution in [0.3, 0.4) is 0 Å². The fourth-order valence-electron chi connectivity index (χ4n) is 0.908. The predicted molar refractivity (Wildman–Crippen MR) is 77.9 cm³/mol. The minimum absolute atomic E-state index is 0.139. The fraction of sp³-hybridized carbons (Fsp3) is 0.0909. The van der Waals surface area contributed by atoms with Gasteiger partial charge < -0.3 is 26.0 Å². The van der Waals surface area contributed by atoms with Crippen LogP contribution >= 0.6 is 12.2 Å². The molecule has 0 saturated carbocycles. The number of para-hydroxylation sites is 2. The number of alkyl carbamates (subject to hydrolysis) is 1. The van der Waals surface area contributed by atoms with Gasteiger partial charge in [-0.15, -0.1) is 0 Å². The molecule has 6 N–H and O–H groups in total. The number of thiocarbonyl (C=S) groups is 1. The highest BCUT2D eigenvalue weighted by Gasteiger charge is 2.05. The van der Waals surface area contributed by atoms with Crippen molar-refractivity contribution >= 4 is 46.7 Å². The normalized spacial score (nSPS) is 8.62. The molecule has 0 bridgehead atoms. The Balaban J connectivity index is 0.000000567. The molecule has 0 heterocycles. The summed E-state index contributed by atoms with van der Waals surface area (Å²) in [7, 11) is 1.26. The molecule has 21 heavy (non-hydrogen) atoms. The van der Waals surface area contributed by atoms with Crippen LogP contribution in [0.1, 0.15) is 0 Å². The summed E-state index contributed by atoms with van der Waals surface area (Å²) in [4.78, 5) is 29.0. The second-order valence-electron chi connectivity index (χ2n) is 3.27. The summed E-state index contributed by atoms with van der Waals surface area (Å²) in [5, 5.41) is 20.0. The Labute approximate surface area is 124 Å². The highest BCUT2D eigenvalue weighted by atomic mass is 32.1. The number of aliphatic carboxylic acids is 2. The van der Waals surface area contributed by atoms with Crippen molar-refractivity contribution in [3.05, 3.63) is 24.3 Å². The van der Waals surface area contributed by atoms with Gasteiger partial charge in [-0.2, -0.15) is 0 Å². The van der Waals surface area contributed by atoms with Crippen LogP contribution in [0.15, 0.2) is 24.3 Å². The zero-order valence-corrected chi connectivity index (χ0v) is 11.6. The Bertz CT molecular complexity index is 537. The number of ether oxygens (including phenoxy) is 1. The molecule has 1 rings (SSSR count). The maximum absolute atomic E-state index is 10.8. The zero-order valence-electron chi connectivity index (χ0n) is 10.8. The summed E-state index contributed by atoms with van der Waals surface area (Å²) in [6, 6.07) is 7.08. The number of hydrogen-bond acceptors (Lipinski definition) is 6. The lowest BCUT2D eigenvalue weighted by molar-refractivity contribution is -0.159. The van der Waals surface area contributed by atoms with Crippen LogP contribution in [0.4, 0.5) is 16.2 Å². The summed E-state index contributed by atoms with van der Waals surface area (Å²) >= 11 is 4.86. The molecule has 0 radical (unpaired) electrons. The molecule has 114 valence electrons. The highest BCUT2D eigenvalue weighted by molar-refractivity contribution is 7.80. The molecule has 1 aromatic rings. The summed E-state index contributed by atoms with van der Waals surface area (Å²) in [5.74, 6) is -3.65. The van der Waals surface area contributed by atoms with Gasteiger partial charge in [0.05, 0.1) is 18.5 Å². The van der Waals surface area contributed by atoms with E-state index >= 15 is 0 Å². The third kappa shape index (κ3) is 8.00. The van der Waals surface area contributed by atoms with E-state index in [1.807, 2.05) is 0 Å². The molecule has 10 heteroatoms. The van der Waals surface area contributed by atoms with E-state index in [2.05, 4.69) is 15.4 Å². The van der Waals surface area contributed by atoms with Crippen LogP contribution < -0.4 is 16.4 Å². The minimum atomic E-state index is -1.82. The van der Waals surface area contributed by atoms with Crippen molar-refractivity contribution in [1.29, 1.82) is 0 Å². The fourth-order valence-corrected chi connectivity index (χ4v) is 1.10. The van der Waals surface area contributed by atoms with Crippen molar-refractivity contribution in [2.24, 2.45) is 0 Å². The van der Waals surface area contributed by atoms with Gasteiger partial charge in [0.2, 0.25) is 0 Å². The molecule has 0 spiro atoms. The number of nitrogens with one attached hydrogen (secondary N) is 2. The number of amides is 1. The van der Waals surface area contributed by atoms with E-state index in [1.54, 1.807) is 24.3 Å². The molecule has 9 nitrogen and oxygen atoms in total. The van der Waals surface area contributed by atoms with E-state index < -0.39 is 18.0 Å². The maximum Gasteiger partial charge on any atom is 0.414 e. The largest absolute Gasteiger partial charge is 0.473 e. The molecule has 0 aliphatic rings. The van der Waals surface area contributed by atoms with Gasteiger partial charge in [0.15, 0.2) is 5.11 Å². The predicted octanol–water partition coefficient (Wildman–Crippen LogP) is 0.477. The summed E-state index contributed by atoms with van der Waals surface area (Å²) in [6.45, 7) is 0. The van der Waals surface area contributed by atoms with Crippen LogP contribution in [0.2, 0.25) is 0 Å². The second-order valence-corrected chi connectivity index (χ2v) is 3.68. The smallest absolute Gasteiger partial charge is 0.414 e. The van der Waals surface area contributed by atoms with Gasteiger partial charge in [-0.3, -0.25) is 5.32 Å². The van der Waals surface area contributed by atoms with Crippen molar-refractivity contribution in [1.82, 2.24) is 5.32 Å². The highest BCUT2D eigenvalue weighted by Crippen LogP contribution is 2.16. The van der Waals surface area contributed by atoms with Crippen molar-refractivity contribution in [2.75, 3.05) is 18.2 Å². The Hall–Kier alpha value is -2.88.